The second-order valence-corrected chi connectivity index (χ2v) is 9.50. The van der Waals surface area contributed by atoms with Crippen LogP contribution in [-0.4, -0.2) is 22.2 Å². The van der Waals surface area contributed by atoms with E-state index < -0.39 is 17.4 Å². The third-order valence-electron chi connectivity index (χ3n) is 6.69. The van der Waals surface area contributed by atoms with Crippen molar-refractivity contribution in [3.8, 4) is 0 Å². The lowest BCUT2D eigenvalue weighted by Crippen LogP contribution is -2.41. The minimum atomic E-state index is -0.676. The fourth-order valence-corrected chi connectivity index (χ4v) is 4.66. The SMILES string of the molecule is CC(C)C(CCCCCCCCCCCCCCCCC(=O)O)(C(=O)O)C(C)C. The lowest BCUT2D eigenvalue weighted by Gasteiger charge is -2.37. The Morgan fingerprint density at radius 2 is 0.897 bits per heavy atom. The molecule has 172 valence electrons. The first-order chi connectivity index (χ1) is 13.7. The van der Waals surface area contributed by atoms with Gasteiger partial charge in [-0.05, 0) is 24.7 Å². The quantitative estimate of drug-likeness (QED) is 0.201. The fourth-order valence-electron chi connectivity index (χ4n) is 4.66. The molecule has 2 N–H and O–H groups in total. The predicted molar refractivity (Wildman–Crippen MR) is 121 cm³/mol. The highest BCUT2D eigenvalue weighted by atomic mass is 16.4. The van der Waals surface area contributed by atoms with Gasteiger partial charge in [0.2, 0.25) is 0 Å². The fraction of sp³-hybridized carbons (Fsp3) is 0.920. The molecule has 0 aromatic carbocycles. The molecule has 0 atom stereocenters. The average Bonchev–Trinajstić information content (AvgIpc) is 2.63. The van der Waals surface area contributed by atoms with Crippen molar-refractivity contribution < 1.29 is 19.8 Å². The van der Waals surface area contributed by atoms with Crippen LogP contribution in [0.2, 0.25) is 0 Å². The summed E-state index contributed by atoms with van der Waals surface area (Å²) in [7, 11) is 0. The molecule has 0 aliphatic carbocycles. The van der Waals surface area contributed by atoms with E-state index in [1.165, 1.54) is 64.2 Å². The van der Waals surface area contributed by atoms with Crippen molar-refractivity contribution in [2.24, 2.45) is 17.3 Å². The Labute approximate surface area is 179 Å². The van der Waals surface area contributed by atoms with Gasteiger partial charge in [-0.3, -0.25) is 9.59 Å². The van der Waals surface area contributed by atoms with Gasteiger partial charge in [0.1, 0.15) is 0 Å². The maximum atomic E-state index is 11.9. The highest BCUT2D eigenvalue weighted by Crippen LogP contribution is 2.41. The molecule has 4 nitrogen and oxygen atoms in total. The summed E-state index contributed by atoms with van der Waals surface area (Å²) < 4.78 is 0. The van der Waals surface area contributed by atoms with Crippen LogP contribution >= 0.6 is 0 Å². The van der Waals surface area contributed by atoms with E-state index in [2.05, 4.69) is 0 Å². The monoisotopic (exact) mass is 412 g/mol. The molecule has 0 saturated carbocycles. The molecule has 0 aromatic rings. The van der Waals surface area contributed by atoms with E-state index >= 15 is 0 Å². The number of rotatable bonds is 20. The van der Waals surface area contributed by atoms with Gasteiger partial charge in [0, 0.05) is 6.42 Å². The third-order valence-corrected chi connectivity index (χ3v) is 6.69. The lowest BCUT2D eigenvalue weighted by atomic mass is 9.66. The number of aliphatic carboxylic acids is 2. The molecule has 4 heteroatoms. The van der Waals surface area contributed by atoms with Crippen LogP contribution in [0.5, 0.6) is 0 Å². The molecule has 0 heterocycles. The van der Waals surface area contributed by atoms with E-state index in [1.54, 1.807) is 0 Å². The third kappa shape index (κ3) is 12.3. The van der Waals surface area contributed by atoms with Crippen LogP contribution in [0.4, 0.5) is 0 Å². The molecule has 0 unspecified atom stereocenters. The normalized spacial score (nSPS) is 12.1. The van der Waals surface area contributed by atoms with E-state index in [1.807, 2.05) is 27.7 Å². The summed E-state index contributed by atoms with van der Waals surface area (Å²) in [5, 5.41) is 18.4. The Hall–Kier alpha value is -1.06. The molecule has 0 aliphatic rings. The van der Waals surface area contributed by atoms with Crippen molar-refractivity contribution in [1.82, 2.24) is 0 Å². The standard InChI is InChI=1S/C25H48O4/c1-21(2)25(22(3)4,24(28)29)20-18-16-14-12-10-8-6-5-7-9-11-13-15-17-19-23(26)27/h21-22H,5-20H2,1-4H3,(H,26,27)(H,28,29). The van der Waals surface area contributed by atoms with Crippen LogP contribution in [0.3, 0.4) is 0 Å². The predicted octanol–water partition coefficient (Wildman–Crippen LogP) is 7.70. The summed E-state index contributed by atoms with van der Waals surface area (Å²) in [4.78, 5) is 22.3. The first-order valence-electron chi connectivity index (χ1n) is 12.2. The Kier molecular flexibility index (Phi) is 16.1. The highest BCUT2D eigenvalue weighted by Gasteiger charge is 2.43. The zero-order valence-corrected chi connectivity index (χ0v) is 19.7. The van der Waals surface area contributed by atoms with Crippen LogP contribution in [0.15, 0.2) is 0 Å². The minimum Gasteiger partial charge on any atom is -0.481 e. The van der Waals surface area contributed by atoms with Gasteiger partial charge in [-0.15, -0.1) is 0 Å². The van der Waals surface area contributed by atoms with Gasteiger partial charge in [0.05, 0.1) is 5.41 Å². The van der Waals surface area contributed by atoms with Gasteiger partial charge >= 0.3 is 11.9 Å². The van der Waals surface area contributed by atoms with Crippen LogP contribution in [-0.2, 0) is 9.59 Å². The van der Waals surface area contributed by atoms with E-state index in [0.29, 0.717) is 6.42 Å². The number of hydrogen-bond acceptors (Lipinski definition) is 2. The zero-order valence-electron chi connectivity index (χ0n) is 19.7. The van der Waals surface area contributed by atoms with Crippen molar-refractivity contribution in [3.63, 3.8) is 0 Å². The first-order valence-corrected chi connectivity index (χ1v) is 12.2. The number of carboxylic acid groups (broad SMARTS) is 2. The van der Waals surface area contributed by atoms with Crippen molar-refractivity contribution in [2.45, 2.75) is 130 Å². The lowest BCUT2D eigenvalue weighted by molar-refractivity contribution is -0.156. The van der Waals surface area contributed by atoms with Gasteiger partial charge in [-0.2, -0.15) is 0 Å². The van der Waals surface area contributed by atoms with Crippen molar-refractivity contribution >= 4 is 11.9 Å². The second-order valence-electron chi connectivity index (χ2n) is 9.50. The highest BCUT2D eigenvalue weighted by molar-refractivity contribution is 5.75. The molecule has 0 radical (unpaired) electrons. The molecular weight excluding hydrogens is 364 g/mol. The van der Waals surface area contributed by atoms with Crippen molar-refractivity contribution in [1.29, 1.82) is 0 Å². The van der Waals surface area contributed by atoms with Crippen LogP contribution in [0.1, 0.15) is 130 Å². The minimum absolute atomic E-state index is 0.171. The number of carboxylic acids is 2. The topological polar surface area (TPSA) is 74.6 Å². The van der Waals surface area contributed by atoms with Gasteiger partial charge in [-0.25, -0.2) is 0 Å². The molecule has 0 fully saturated rings. The average molecular weight is 413 g/mol. The van der Waals surface area contributed by atoms with Gasteiger partial charge < -0.3 is 10.2 Å². The smallest absolute Gasteiger partial charge is 0.310 e. The summed E-state index contributed by atoms with van der Waals surface area (Å²) in [5.41, 5.74) is -0.573. The van der Waals surface area contributed by atoms with E-state index in [0.717, 1.165) is 32.1 Å². The number of carbonyl (C=O) groups is 2. The Balaban J connectivity index is 3.55. The molecule has 0 bridgehead atoms. The van der Waals surface area contributed by atoms with Gasteiger partial charge in [0.15, 0.2) is 0 Å². The van der Waals surface area contributed by atoms with Crippen LogP contribution < -0.4 is 0 Å². The van der Waals surface area contributed by atoms with Crippen LogP contribution in [0, 0.1) is 17.3 Å². The molecular formula is C25H48O4. The molecule has 0 aliphatic heterocycles. The Bertz CT molecular complexity index is 421. The summed E-state index contributed by atoms with van der Waals surface area (Å²) in [5.74, 6) is -0.957. The largest absolute Gasteiger partial charge is 0.481 e. The summed E-state index contributed by atoms with van der Waals surface area (Å²) in [6.07, 6.45) is 17.9. The second kappa shape index (κ2) is 16.7. The van der Waals surface area contributed by atoms with Crippen LogP contribution in [0.25, 0.3) is 0 Å². The summed E-state index contributed by atoms with van der Waals surface area (Å²) in [6, 6.07) is 0. The van der Waals surface area contributed by atoms with Gasteiger partial charge in [-0.1, -0.05) is 111 Å². The van der Waals surface area contributed by atoms with E-state index in [-0.39, 0.29) is 11.8 Å². The molecule has 0 rings (SSSR count). The van der Waals surface area contributed by atoms with E-state index in [9.17, 15) is 14.7 Å². The zero-order chi connectivity index (χ0) is 22.1. The number of hydrogen-bond donors (Lipinski definition) is 2. The summed E-state index contributed by atoms with van der Waals surface area (Å²) in [6.45, 7) is 8.20. The maximum Gasteiger partial charge on any atom is 0.310 e. The summed E-state index contributed by atoms with van der Waals surface area (Å²) >= 11 is 0. The van der Waals surface area contributed by atoms with Gasteiger partial charge in [0.25, 0.3) is 0 Å². The maximum absolute atomic E-state index is 11.9. The molecule has 0 saturated heterocycles. The van der Waals surface area contributed by atoms with Crippen molar-refractivity contribution in [2.75, 3.05) is 0 Å². The molecule has 0 spiro atoms. The number of unbranched alkanes of at least 4 members (excludes halogenated alkanes) is 13. The van der Waals surface area contributed by atoms with Crippen molar-refractivity contribution in [3.05, 3.63) is 0 Å². The Morgan fingerprint density at radius 1 is 0.586 bits per heavy atom. The Morgan fingerprint density at radius 3 is 1.17 bits per heavy atom. The first kappa shape index (κ1) is 27.9. The van der Waals surface area contributed by atoms with E-state index in [4.69, 9.17) is 5.11 Å². The molecule has 0 amide bonds. The molecule has 29 heavy (non-hydrogen) atoms. The molecule has 0 aromatic heterocycles.